The molecule has 1 aromatic carbocycles. The zero-order chi connectivity index (χ0) is 32.9. The van der Waals surface area contributed by atoms with Crippen molar-refractivity contribution in [3.05, 3.63) is 54.1 Å². The predicted octanol–water partition coefficient (Wildman–Crippen LogP) is 3.62. The SMILES string of the molecule is COC(=O)C1CCN(CCN2CCN(C(=O)Cn3cc(Nc4cnn5cccnc45)c(-c4cc(Cl)ccc4OC(F)F)n3)CC2)CC1. The van der Waals surface area contributed by atoms with E-state index in [2.05, 4.69) is 30.3 Å². The highest BCUT2D eigenvalue weighted by molar-refractivity contribution is 6.31. The third-order valence-electron chi connectivity index (χ3n) is 8.60. The molecule has 2 aliphatic heterocycles. The van der Waals surface area contributed by atoms with Gasteiger partial charge in [0.1, 0.15) is 23.7 Å². The Bertz CT molecular complexity index is 1700. The number of alkyl halides is 2. The quantitative estimate of drug-likeness (QED) is 0.237. The number of ether oxygens (including phenoxy) is 2. The van der Waals surface area contributed by atoms with E-state index in [1.165, 1.54) is 30.0 Å². The van der Waals surface area contributed by atoms with Crippen LogP contribution in [0.5, 0.6) is 5.75 Å². The summed E-state index contributed by atoms with van der Waals surface area (Å²) in [5.41, 5.74) is 2.03. The van der Waals surface area contributed by atoms with Gasteiger partial charge in [-0.3, -0.25) is 19.2 Å². The van der Waals surface area contributed by atoms with E-state index in [9.17, 15) is 18.4 Å². The predicted molar refractivity (Wildman–Crippen MR) is 170 cm³/mol. The fraction of sp³-hybridized carbons (Fsp3) is 0.452. The molecular weight excluding hydrogens is 636 g/mol. The van der Waals surface area contributed by atoms with Crippen LogP contribution in [0.15, 0.2) is 49.1 Å². The van der Waals surface area contributed by atoms with Gasteiger partial charge in [-0.1, -0.05) is 11.6 Å². The molecule has 2 saturated heterocycles. The number of methoxy groups -OCH3 is 1. The van der Waals surface area contributed by atoms with Gasteiger partial charge in [-0.2, -0.15) is 19.0 Å². The van der Waals surface area contributed by atoms with Crippen molar-refractivity contribution in [3.63, 3.8) is 0 Å². The molecule has 0 radical (unpaired) electrons. The fourth-order valence-corrected chi connectivity index (χ4v) is 6.21. The number of carbonyl (C=O) groups excluding carboxylic acids is 2. The first-order valence-electron chi connectivity index (χ1n) is 15.4. The number of aromatic nitrogens is 5. The van der Waals surface area contributed by atoms with Gasteiger partial charge in [-0.05, 0) is 50.2 Å². The average Bonchev–Trinajstić information content (AvgIpc) is 3.68. The van der Waals surface area contributed by atoms with Crippen LogP contribution in [0, 0.1) is 5.92 Å². The third-order valence-corrected chi connectivity index (χ3v) is 8.84. The summed E-state index contributed by atoms with van der Waals surface area (Å²) >= 11 is 6.26. The Labute approximate surface area is 275 Å². The summed E-state index contributed by atoms with van der Waals surface area (Å²) in [5.74, 6) is -0.345. The van der Waals surface area contributed by atoms with Crippen LogP contribution in [0.25, 0.3) is 16.9 Å². The van der Waals surface area contributed by atoms with Crippen molar-refractivity contribution in [2.24, 2.45) is 5.92 Å². The van der Waals surface area contributed by atoms with Gasteiger partial charge in [0.05, 0.1) is 24.9 Å². The molecule has 0 unspecified atom stereocenters. The molecule has 47 heavy (non-hydrogen) atoms. The van der Waals surface area contributed by atoms with E-state index in [1.807, 2.05) is 4.90 Å². The number of likely N-dealkylation sites (tertiary alicyclic amines) is 1. The van der Waals surface area contributed by atoms with Gasteiger partial charge in [-0.25, -0.2) is 9.50 Å². The molecule has 0 aliphatic carbocycles. The molecule has 0 atom stereocenters. The van der Waals surface area contributed by atoms with Gasteiger partial charge in [0.25, 0.3) is 0 Å². The number of esters is 1. The Hall–Kier alpha value is -4.34. The summed E-state index contributed by atoms with van der Waals surface area (Å²) in [4.78, 5) is 36.1. The first-order chi connectivity index (χ1) is 22.8. The van der Waals surface area contributed by atoms with Crippen LogP contribution in [0.4, 0.5) is 20.2 Å². The standard InChI is InChI=1S/C31H36ClF2N9O4/c1-46-30(45)21-5-9-39(10-6-21)11-12-40-13-15-41(16-14-40)27(44)20-42-19-25(37-24-18-36-43-8-2-7-35-29(24)43)28(38-42)23-17-22(32)3-4-26(23)47-31(33)34/h2-4,7-8,17-19,21,31,37H,5-6,9-16,20H2,1H3. The number of hydrogen-bond acceptors (Lipinski definition) is 10. The Morgan fingerprint density at radius 3 is 2.53 bits per heavy atom. The molecule has 0 saturated carbocycles. The summed E-state index contributed by atoms with van der Waals surface area (Å²) in [6.45, 7) is 3.10. The Morgan fingerprint density at radius 1 is 1.06 bits per heavy atom. The summed E-state index contributed by atoms with van der Waals surface area (Å²) in [6.07, 6.45) is 8.24. The molecule has 0 bridgehead atoms. The zero-order valence-electron chi connectivity index (χ0n) is 25.9. The highest BCUT2D eigenvalue weighted by Gasteiger charge is 2.27. The number of halogens is 3. The average molecular weight is 672 g/mol. The number of piperazine rings is 1. The maximum Gasteiger partial charge on any atom is 0.387 e. The number of carbonyl (C=O) groups is 2. The lowest BCUT2D eigenvalue weighted by atomic mass is 9.97. The van der Waals surface area contributed by atoms with Gasteiger partial charge in [-0.15, -0.1) is 0 Å². The summed E-state index contributed by atoms with van der Waals surface area (Å²) in [7, 11) is 1.44. The summed E-state index contributed by atoms with van der Waals surface area (Å²) < 4.78 is 39.4. The van der Waals surface area contributed by atoms with Crippen molar-refractivity contribution in [3.8, 4) is 17.0 Å². The molecule has 4 aromatic rings. The number of hydrogen-bond donors (Lipinski definition) is 1. The maximum absolute atomic E-state index is 13.4. The molecule has 2 fully saturated rings. The molecule has 2 aliphatic rings. The lowest BCUT2D eigenvalue weighted by Gasteiger charge is -2.37. The van der Waals surface area contributed by atoms with Gasteiger partial charge in [0.2, 0.25) is 5.91 Å². The van der Waals surface area contributed by atoms with Crippen molar-refractivity contribution in [2.75, 3.05) is 64.8 Å². The summed E-state index contributed by atoms with van der Waals surface area (Å²) in [5, 5.41) is 12.5. The highest BCUT2D eigenvalue weighted by atomic mass is 35.5. The van der Waals surface area contributed by atoms with E-state index < -0.39 is 6.61 Å². The van der Waals surface area contributed by atoms with Crippen LogP contribution in [0.1, 0.15) is 12.8 Å². The molecule has 13 nitrogen and oxygen atoms in total. The van der Waals surface area contributed by atoms with Gasteiger partial charge in [0.15, 0.2) is 5.65 Å². The van der Waals surface area contributed by atoms with Crippen molar-refractivity contribution < 1.29 is 27.8 Å². The highest BCUT2D eigenvalue weighted by Crippen LogP contribution is 2.38. The van der Waals surface area contributed by atoms with Crippen molar-refractivity contribution in [2.45, 2.75) is 26.0 Å². The van der Waals surface area contributed by atoms with E-state index in [-0.39, 0.29) is 41.3 Å². The van der Waals surface area contributed by atoms with E-state index in [1.54, 1.807) is 35.4 Å². The molecule has 16 heteroatoms. The van der Waals surface area contributed by atoms with Gasteiger partial charge in [0, 0.05) is 68.4 Å². The van der Waals surface area contributed by atoms with E-state index in [4.69, 9.17) is 21.1 Å². The second kappa shape index (κ2) is 14.6. The number of anilines is 2. The minimum Gasteiger partial charge on any atom is -0.469 e. The lowest BCUT2D eigenvalue weighted by Crippen LogP contribution is -2.51. The molecule has 5 heterocycles. The number of nitrogens with zero attached hydrogens (tertiary/aromatic N) is 8. The van der Waals surface area contributed by atoms with Crippen LogP contribution in [0.3, 0.4) is 0 Å². The second-order valence-corrected chi connectivity index (χ2v) is 12.0. The number of piperidine rings is 1. The minimum atomic E-state index is -3.06. The largest absolute Gasteiger partial charge is 0.469 e. The lowest BCUT2D eigenvalue weighted by molar-refractivity contribution is -0.147. The van der Waals surface area contributed by atoms with Crippen molar-refractivity contribution in [1.29, 1.82) is 0 Å². The van der Waals surface area contributed by atoms with Crippen molar-refractivity contribution >= 4 is 40.5 Å². The number of rotatable bonds is 11. The monoisotopic (exact) mass is 671 g/mol. The van der Waals surface area contributed by atoms with Crippen molar-refractivity contribution in [1.82, 2.24) is 39.1 Å². The molecule has 1 N–H and O–H groups in total. The number of nitrogens with one attached hydrogen (secondary N) is 1. The van der Waals surface area contributed by atoms with Crippen LogP contribution < -0.4 is 10.1 Å². The van der Waals surface area contributed by atoms with E-state index >= 15 is 0 Å². The smallest absolute Gasteiger partial charge is 0.387 e. The Balaban J connectivity index is 1.12. The molecule has 6 rings (SSSR count). The van der Waals surface area contributed by atoms with Gasteiger partial charge >= 0.3 is 12.6 Å². The topological polar surface area (TPSA) is 122 Å². The number of benzene rings is 1. The van der Waals surface area contributed by atoms with Crippen LogP contribution >= 0.6 is 11.6 Å². The van der Waals surface area contributed by atoms with E-state index in [0.717, 1.165) is 52.1 Å². The molecule has 250 valence electrons. The molecule has 1 amide bonds. The number of fused-ring (bicyclic) bond motifs is 1. The molecular formula is C31H36ClF2N9O4. The first-order valence-corrected chi connectivity index (χ1v) is 15.8. The minimum absolute atomic E-state index is 0.00918. The third kappa shape index (κ3) is 7.80. The normalized spacial score (nSPS) is 16.6. The molecule has 0 spiro atoms. The van der Waals surface area contributed by atoms with E-state index in [0.29, 0.717) is 35.1 Å². The number of amides is 1. The summed E-state index contributed by atoms with van der Waals surface area (Å²) in [6, 6.07) is 6.06. The van der Waals surface area contributed by atoms with Crippen LogP contribution in [-0.2, 0) is 20.9 Å². The zero-order valence-corrected chi connectivity index (χ0v) is 26.7. The Morgan fingerprint density at radius 2 is 1.81 bits per heavy atom. The molecule has 3 aromatic heterocycles. The van der Waals surface area contributed by atoms with Gasteiger partial charge < -0.3 is 24.6 Å². The van der Waals surface area contributed by atoms with Crippen LogP contribution in [0.2, 0.25) is 5.02 Å². The fourth-order valence-electron chi connectivity index (χ4n) is 6.04. The first kappa shape index (κ1) is 32.6. The second-order valence-electron chi connectivity index (χ2n) is 11.5. The Kier molecular flexibility index (Phi) is 10.1. The maximum atomic E-state index is 13.4. The van der Waals surface area contributed by atoms with Crippen LogP contribution in [-0.4, -0.2) is 117 Å².